The van der Waals surface area contributed by atoms with Crippen molar-refractivity contribution >= 4 is 39.9 Å². The number of carbonyl (C=O) groups excluding carboxylic acids is 2. The molecular formula is C21H25FN2O3S2. The molecule has 0 saturated heterocycles. The van der Waals surface area contributed by atoms with Crippen LogP contribution in [0.25, 0.3) is 0 Å². The molecular weight excluding hydrogens is 411 g/mol. The quantitative estimate of drug-likeness (QED) is 0.455. The lowest BCUT2D eigenvalue weighted by atomic mass is 9.95. The zero-order valence-electron chi connectivity index (χ0n) is 16.4. The zero-order valence-corrected chi connectivity index (χ0v) is 18.0. The topological polar surface area (TPSA) is 67.4 Å². The number of hydrogen-bond acceptors (Lipinski definition) is 5. The van der Waals surface area contributed by atoms with Crippen LogP contribution in [0.2, 0.25) is 0 Å². The number of thiophene rings is 1. The van der Waals surface area contributed by atoms with Gasteiger partial charge in [0.1, 0.15) is 10.8 Å². The third-order valence-corrected chi connectivity index (χ3v) is 6.91. The summed E-state index contributed by atoms with van der Waals surface area (Å²) < 4.78 is 18.8. The van der Waals surface area contributed by atoms with Gasteiger partial charge in [-0.2, -0.15) is 0 Å². The van der Waals surface area contributed by atoms with Crippen LogP contribution in [0.1, 0.15) is 40.1 Å². The molecule has 5 nitrogen and oxygen atoms in total. The highest BCUT2D eigenvalue weighted by Crippen LogP contribution is 2.38. The van der Waals surface area contributed by atoms with Crippen molar-refractivity contribution in [3.05, 3.63) is 46.1 Å². The number of ether oxygens (including phenoxy) is 1. The molecule has 1 aliphatic rings. The molecule has 2 amide bonds. The highest BCUT2D eigenvalue weighted by atomic mass is 32.2. The number of anilines is 1. The summed E-state index contributed by atoms with van der Waals surface area (Å²) in [6.07, 6.45) is 4.66. The van der Waals surface area contributed by atoms with E-state index in [0.29, 0.717) is 28.6 Å². The molecule has 0 bridgehead atoms. The maximum atomic E-state index is 13.8. The first-order chi connectivity index (χ1) is 14.1. The van der Waals surface area contributed by atoms with Crippen LogP contribution in [0.4, 0.5) is 9.39 Å². The van der Waals surface area contributed by atoms with E-state index in [1.807, 2.05) is 0 Å². The molecule has 0 spiro atoms. The van der Waals surface area contributed by atoms with Gasteiger partial charge in [-0.15, -0.1) is 23.1 Å². The van der Waals surface area contributed by atoms with Crippen molar-refractivity contribution in [3.8, 4) is 0 Å². The van der Waals surface area contributed by atoms with Crippen molar-refractivity contribution in [2.45, 2.75) is 37.0 Å². The molecule has 1 aromatic carbocycles. The predicted octanol–water partition coefficient (Wildman–Crippen LogP) is 4.26. The standard InChI is InChI=1S/C21H25FN2O3S2/c1-27-12-6-11-23-20(26)19-14-7-2-4-9-16(14)29-21(19)24-18(25)13-28-17-10-5-3-8-15(17)22/h3,5,8,10H,2,4,6-7,9,11-13H2,1H3,(H,23,26)(H,24,25). The molecule has 0 saturated carbocycles. The molecule has 8 heteroatoms. The lowest BCUT2D eigenvalue weighted by Crippen LogP contribution is -2.27. The summed E-state index contributed by atoms with van der Waals surface area (Å²) in [4.78, 5) is 26.9. The van der Waals surface area contributed by atoms with Crippen LogP contribution in [-0.2, 0) is 22.4 Å². The van der Waals surface area contributed by atoms with Crippen LogP contribution in [-0.4, -0.2) is 37.8 Å². The zero-order chi connectivity index (χ0) is 20.6. The second kappa shape index (κ2) is 10.8. The van der Waals surface area contributed by atoms with Gasteiger partial charge in [0.2, 0.25) is 5.91 Å². The van der Waals surface area contributed by atoms with E-state index in [-0.39, 0.29) is 23.4 Å². The summed E-state index contributed by atoms with van der Waals surface area (Å²) in [5.74, 6) is -0.658. The summed E-state index contributed by atoms with van der Waals surface area (Å²) in [6, 6.07) is 6.38. The Hall–Kier alpha value is -1.90. The normalized spacial score (nSPS) is 13.0. The molecule has 0 fully saturated rings. The number of carbonyl (C=O) groups is 2. The third-order valence-electron chi connectivity index (χ3n) is 4.66. The van der Waals surface area contributed by atoms with Crippen molar-refractivity contribution < 1.29 is 18.7 Å². The largest absolute Gasteiger partial charge is 0.385 e. The molecule has 29 heavy (non-hydrogen) atoms. The van der Waals surface area contributed by atoms with Crippen LogP contribution in [0.5, 0.6) is 0 Å². The summed E-state index contributed by atoms with van der Waals surface area (Å²) in [5, 5.41) is 6.42. The van der Waals surface area contributed by atoms with Crippen LogP contribution >= 0.6 is 23.1 Å². The summed E-state index contributed by atoms with van der Waals surface area (Å²) in [7, 11) is 1.63. The van der Waals surface area contributed by atoms with Crippen molar-refractivity contribution in [1.82, 2.24) is 5.32 Å². The number of fused-ring (bicyclic) bond motifs is 1. The second-order valence-corrected chi connectivity index (χ2v) is 8.91. The van der Waals surface area contributed by atoms with Crippen molar-refractivity contribution in [3.63, 3.8) is 0 Å². The minimum atomic E-state index is -0.340. The SMILES string of the molecule is COCCCNC(=O)c1c(NC(=O)CSc2ccccc2F)sc2c1CCCC2. The van der Waals surface area contributed by atoms with Gasteiger partial charge >= 0.3 is 0 Å². The third kappa shape index (κ3) is 5.81. The van der Waals surface area contributed by atoms with E-state index in [4.69, 9.17) is 4.74 Å². The van der Waals surface area contributed by atoms with E-state index in [1.54, 1.807) is 25.3 Å². The van der Waals surface area contributed by atoms with Crippen LogP contribution in [0.3, 0.4) is 0 Å². The van der Waals surface area contributed by atoms with E-state index in [9.17, 15) is 14.0 Å². The molecule has 0 unspecified atom stereocenters. The lowest BCUT2D eigenvalue weighted by Gasteiger charge is -2.13. The summed E-state index contributed by atoms with van der Waals surface area (Å²) in [6.45, 7) is 1.10. The van der Waals surface area contributed by atoms with Gasteiger partial charge in [-0.25, -0.2) is 4.39 Å². The number of hydrogen-bond donors (Lipinski definition) is 2. The Kier molecular flexibility index (Phi) is 8.09. The van der Waals surface area contributed by atoms with Crippen LogP contribution in [0.15, 0.2) is 29.2 Å². The average molecular weight is 437 g/mol. The predicted molar refractivity (Wildman–Crippen MR) is 116 cm³/mol. The highest BCUT2D eigenvalue weighted by molar-refractivity contribution is 8.00. The second-order valence-electron chi connectivity index (χ2n) is 6.78. The first-order valence-corrected chi connectivity index (χ1v) is 11.5. The van der Waals surface area contributed by atoms with E-state index < -0.39 is 0 Å². The summed E-state index contributed by atoms with van der Waals surface area (Å²) in [5.41, 5.74) is 1.65. The van der Waals surface area contributed by atoms with E-state index >= 15 is 0 Å². The molecule has 2 aromatic rings. The number of nitrogens with one attached hydrogen (secondary N) is 2. The minimum Gasteiger partial charge on any atom is -0.385 e. The monoisotopic (exact) mass is 436 g/mol. The molecule has 2 N–H and O–H groups in total. The maximum absolute atomic E-state index is 13.8. The van der Waals surface area contributed by atoms with Gasteiger partial charge in [0.05, 0.1) is 11.3 Å². The van der Waals surface area contributed by atoms with Gasteiger partial charge in [0.15, 0.2) is 0 Å². The van der Waals surface area contributed by atoms with Gasteiger partial charge in [-0.05, 0) is 49.8 Å². The molecule has 0 atom stereocenters. The van der Waals surface area contributed by atoms with Gasteiger partial charge in [-0.1, -0.05) is 12.1 Å². The number of benzene rings is 1. The Morgan fingerprint density at radius 1 is 1.24 bits per heavy atom. The summed E-state index contributed by atoms with van der Waals surface area (Å²) >= 11 is 2.63. The number of halogens is 1. The number of rotatable bonds is 9. The number of methoxy groups -OCH3 is 1. The van der Waals surface area contributed by atoms with E-state index in [2.05, 4.69) is 10.6 Å². The average Bonchev–Trinajstić information content (AvgIpc) is 3.08. The lowest BCUT2D eigenvalue weighted by molar-refractivity contribution is -0.113. The van der Waals surface area contributed by atoms with E-state index in [0.717, 1.165) is 49.4 Å². The molecule has 1 aromatic heterocycles. The molecule has 0 radical (unpaired) electrons. The van der Waals surface area contributed by atoms with Crippen molar-refractivity contribution in [1.29, 1.82) is 0 Å². The van der Waals surface area contributed by atoms with Gasteiger partial charge in [0, 0.05) is 30.0 Å². The number of aryl methyl sites for hydroxylation is 1. The fraction of sp³-hybridized carbons (Fsp3) is 0.429. The first-order valence-electron chi connectivity index (χ1n) is 9.69. The molecule has 156 valence electrons. The van der Waals surface area contributed by atoms with Crippen molar-refractivity contribution in [2.75, 3.05) is 31.3 Å². The highest BCUT2D eigenvalue weighted by Gasteiger charge is 2.26. The smallest absolute Gasteiger partial charge is 0.254 e. The Morgan fingerprint density at radius 3 is 2.83 bits per heavy atom. The first kappa shape index (κ1) is 21.8. The number of amides is 2. The fourth-order valence-electron chi connectivity index (χ4n) is 3.27. The minimum absolute atomic E-state index is 0.0817. The van der Waals surface area contributed by atoms with Gasteiger partial charge in [0.25, 0.3) is 5.91 Å². The molecule has 0 aliphatic heterocycles. The molecule has 1 heterocycles. The van der Waals surface area contributed by atoms with E-state index in [1.165, 1.54) is 22.3 Å². The Morgan fingerprint density at radius 2 is 2.03 bits per heavy atom. The maximum Gasteiger partial charge on any atom is 0.254 e. The van der Waals surface area contributed by atoms with Gasteiger partial charge in [-0.3, -0.25) is 9.59 Å². The Bertz CT molecular complexity index is 870. The molecule has 1 aliphatic carbocycles. The van der Waals surface area contributed by atoms with Crippen LogP contribution in [0, 0.1) is 5.82 Å². The Balaban J connectivity index is 1.69. The number of thioether (sulfide) groups is 1. The van der Waals surface area contributed by atoms with Crippen LogP contribution < -0.4 is 10.6 Å². The molecule has 3 rings (SSSR count). The van der Waals surface area contributed by atoms with Crippen molar-refractivity contribution in [2.24, 2.45) is 0 Å². The Labute approximate surface area is 178 Å². The van der Waals surface area contributed by atoms with Gasteiger partial charge < -0.3 is 15.4 Å². The fourth-order valence-corrected chi connectivity index (χ4v) is 5.31.